The van der Waals surface area contributed by atoms with Crippen LogP contribution < -0.4 is 19.7 Å². The van der Waals surface area contributed by atoms with E-state index in [4.69, 9.17) is 14.5 Å². The fourth-order valence-corrected chi connectivity index (χ4v) is 3.88. The van der Waals surface area contributed by atoms with E-state index in [1.54, 1.807) is 0 Å². The number of nitrogens with one attached hydrogen (secondary N) is 1. The average molecular weight is 421 g/mol. The monoisotopic (exact) mass is 420 g/mol. The molecule has 1 saturated heterocycles. The van der Waals surface area contributed by atoms with Gasteiger partial charge in [0, 0.05) is 13.1 Å². The van der Waals surface area contributed by atoms with Gasteiger partial charge >= 0.3 is 0 Å². The molecule has 0 spiro atoms. The molecule has 1 atom stereocenters. The molecule has 0 radical (unpaired) electrons. The van der Waals surface area contributed by atoms with Gasteiger partial charge in [-0.2, -0.15) is 0 Å². The summed E-state index contributed by atoms with van der Waals surface area (Å²) in [6.07, 6.45) is 1.72. The number of carbonyl (C=O) groups is 1. The van der Waals surface area contributed by atoms with Crippen molar-refractivity contribution in [1.82, 2.24) is 9.97 Å². The molecule has 4 rings (SSSR count). The Bertz CT molecular complexity index is 1060. The largest absolute Gasteiger partial charge is 0.492 e. The van der Waals surface area contributed by atoms with E-state index in [1.165, 1.54) is 0 Å². The van der Waals surface area contributed by atoms with Crippen LogP contribution in [0.2, 0.25) is 0 Å². The van der Waals surface area contributed by atoms with E-state index >= 15 is 0 Å². The lowest BCUT2D eigenvalue weighted by molar-refractivity contribution is -0.120. The number of hydrogen-bond donors (Lipinski definition) is 1. The molecule has 1 amide bonds. The van der Waals surface area contributed by atoms with E-state index in [-0.39, 0.29) is 11.8 Å². The number of hydrogen-bond acceptors (Lipinski definition) is 6. The van der Waals surface area contributed by atoms with Crippen molar-refractivity contribution in [3.8, 4) is 11.6 Å². The molecule has 0 bridgehead atoms. The quantitative estimate of drug-likeness (QED) is 0.615. The second kappa shape index (κ2) is 9.64. The van der Waals surface area contributed by atoms with Crippen LogP contribution in [0.5, 0.6) is 11.6 Å². The third-order valence-electron chi connectivity index (χ3n) is 5.34. The first kappa shape index (κ1) is 20.9. The van der Waals surface area contributed by atoms with Crippen molar-refractivity contribution in [3.63, 3.8) is 0 Å². The van der Waals surface area contributed by atoms with E-state index < -0.39 is 0 Å². The summed E-state index contributed by atoms with van der Waals surface area (Å²) >= 11 is 0. The standard InChI is InChI=1S/C24H28N4O3/c1-3-30-21-14-8-7-13-20(21)26-23(29)17-10-9-15-28(16-17)22-24(31-4-2)27-19-12-6-5-11-18(19)25-22/h5-8,11-14,17H,3-4,9-10,15-16H2,1-2H3,(H,26,29)/t17-/m0/s1. The molecular formula is C24H28N4O3. The maximum absolute atomic E-state index is 13.1. The second-order valence-electron chi connectivity index (χ2n) is 7.48. The summed E-state index contributed by atoms with van der Waals surface area (Å²) in [5.41, 5.74) is 2.32. The van der Waals surface area contributed by atoms with Gasteiger partial charge in [0.05, 0.1) is 35.9 Å². The van der Waals surface area contributed by atoms with Gasteiger partial charge in [-0.15, -0.1) is 0 Å². The molecular weight excluding hydrogens is 392 g/mol. The van der Waals surface area contributed by atoms with Crippen LogP contribution >= 0.6 is 0 Å². The molecule has 2 heterocycles. The number of fused-ring (bicyclic) bond motifs is 1. The molecule has 0 aliphatic carbocycles. The Kier molecular flexibility index (Phi) is 6.50. The first-order chi connectivity index (χ1) is 15.2. The topological polar surface area (TPSA) is 76.6 Å². The smallest absolute Gasteiger partial charge is 0.258 e. The lowest BCUT2D eigenvalue weighted by Crippen LogP contribution is -2.41. The minimum Gasteiger partial charge on any atom is -0.492 e. The van der Waals surface area contributed by atoms with E-state index in [1.807, 2.05) is 62.4 Å². The zero-order valence-electron chi connectivity index (χ0n) is 18.0. The SMILES string of the molecule is CCOc1ccccc1NC(=O)[C@H]1CCCN(c2nc3ccccc3nc2OCC)C1. The van der Waals surface area contributed by atoms with Gasteiger partial charge in [0.25, 0.3) is 5.88 Å². The maximum atomic E-state index is 13.1. The van der Waals surface area contributed by atoms with E-state index in [0.29, 0.717) is 42.9 Å². The number of anilines is 2. The normalized spacial score (nSPS) is 16.2. The first-order valence-corrected chi connectivity index (χ1v) is 10.9. The maximum Gasteiger partial charge on any atom is 0.258 e. The van der Waals surface area contributed by atoms with Crippen LogP contribution in [0.25, 0.3) is 11.0 Å². The van der Waals surface area contributed by atoms with Crippen molar-refractivity contribution < 1.29 is 14.3 Å². The summed E-state index contributed by atoms with van der Waals surface area (Å²) in [5.74, 6) is 1.73. The van der Waals surface area contributed by atoms with E-state index in [2.05, 4.69) is 15.2 Å². The number of aromatic nitrogens is 2. The van der Waals surface area contributed by atoms with Gasteiger partial charge in [0.15, 0.2) is 5.82 Å². The van der Waals surface area contributed by atoms with Gasteiger partial charge in [0.2, 0.25) is 5.91 Å². The Balaban J connectivity index is 1.55. The number of nitrogens with zero attached hydrogens (tertiary/aromatic N) is 3. The Morgan fingerprint density at radius 3 is 2.52 bits per heavy atom. The number of carbonyl (C=O) groups excluding carboxylic acids is 1. The van der Waals surface area contributed by atoms with Gasteiger partial charge in [-0.1, -0.05) is 24.3 Å². The van der Waals surface area contributed by atoms with E-state index in [9.17, 15) is 4.79 Å². The minimum absolute atomic E-state index is 0.0106. The minimum atomic E-state index is -0.161. The summed E-state index contributed by atoms with van der Waals surface area (Å²) in [7, 11) is 0. The lowest BCUT2D eigenvalue weighted by atomic mass is 9.97. The predicted octanol–water partition coefficient (Wildman–Crippen LogP) is 4.28. The highest BCUT2D eigenvalue weighted by atomic mass is 16.5. The highest BCUT2D eigenvalue weighted by molar-refractivity contribution is 5.94. The zero-order valence-corrected chi connectivity index (χ0v) is 18.0. The molecule has 162 valence electrons. The number of amides is 1. The molecule has 1 aromatic heterocycles. The van der Waals surface area contributed by atoms with Gasteiger partial charge in [-0.25, -0.2) is 9.97 Å². The van der Waals surface area contributed by atoms with Gasteiger partial charge in [-0.3, -0.25) is 4.79 Å². The van der Waals surface area contributed by atoms with Crippen LogP contribution in [0.1, 0.15) is 26.7 Å². The lowest BCUT2D eigenvalue weighted by Gasteiger charge is -2.33. The fourth-order valence-electron chi connectivity index (χ4n) is 3.88. The number of benzene rings is 2. The van der Waals surface area contributed by atoms with Crippen LogP contribution in [0, 0.1) is 5.92 Å². The summed E-state index contributed by atoms with van der Waals surface area (Å²) in [5, 5.41) is 3.05. The molecule has 1 N–H and O–H groups in total. The molecule has 0 saturated carbocycles. The van der Waals surface area contributed by atoms with Crippen LogP contribution in [-0.4, -0.2) is 42.2 Å². The van der Waals surface area contributed by atoms with Crippen molar-refractivity contribution in [1.29, 1.82) is 0 Å². The van der Waals surface area contributed by atoms with Crippen molar-refractivity contribution in [2.75, 3.05) is 36.5 Å². The third-order valence-corrected chi connectivity index (χ3v) is 5.34. The molecule has 31 heavy (non-hydrogen) atoms. The summed E-state index contributed by atoms with van der Waals surface area (Å²) in [6, 6.07) is 15.3. The highest BCUT2D eigenvalue weighted by Gasteiger charge is 2.29. The van der Waals surface area contributed by atoms with Gasteiger partial charge in [0.1, 0.15) is 5.75 Å². The number of rotatable bonds is 7. The molecule has 1 aliphatic heterocycles. The summed E-state index contributed by atoms with van der Waals surface area (Å²) in [6.45, 7) is 6.29. The van der Waals surface area contributed by atoms with Gasteiger partial charge in [-0.05, 0) is 51.0 Å². The Morgan fingerprint density at radius 1 is 1.03 bits per heavy atom. The van der Waals surface area contributed by atoms with Crippen molar-refractivity contribution in [2.45, 2.75) is 26.7 Å². The van der Waals surface area contributed by atoms with Gasteiger partial charge < -0.3 is 19.7 Å². The van der Waals surface area contributed by atoms with Crippen LogP contribution in [-0.2, 0) is 4.79 Å². The van der Waals surface area contributed by atoms with Crippen LogP contribution in [0.3, 0.4) is 0 Å². The first-order valence-electron chi connectivity index (χ1n) is 10.9. The Hall–Kier alpha value is -3.35. The van der Waals surface area contributed by atoms with Crippen LogP contribution in [0.4, 0.5) is 11.5 Å². The summed E-state index contributed by atoms with van der Waals surface area (Å²) in [4.78, 5) is 24.7. The molecule has 7 heteroatoms. The molecule has 3 aromatic rings. The highest BCUT2D eigenvalue weighted by Crippen LogP contribution is 2.31. The number of para-hydroxylation sites is 4. The van der Waals surface area contributed by atoms with Crippen molar-refractivity contribution in [2.24, 2.45) is 5.92 Å². The van der Waals surface area contributed by atoms with Crippen LogP contribution in [0.15, 0.2) is 48.5 Å². The number of piperidine rings is 1. The van der Waals surface area contributed by atoms with Crippen molar-refractivity contribution >= 4 is 28.4 Å². The molecule has 0 unspecified atom stereocenters. The Morgan fingerprint density at radius 2 is 1.74 bits per heavy atom. The predicted molar refractivity (Wildman–Crippen MR) is 122 cm³/mol. The third kappa shape index (κ3) is 4.71. The van der Waals surface area contributed by atoms with E-state index in [0.717, 1.165) is 30.4 Å². The molecule has 1 fully saturated rings. The number of ether oxygens (including phenoxy) is 2. The molecule has 7 nitrogen and oxygen atoms in total. The summed E-state index contributed by atoms with van der Waals surface area (Å²) < 4.78 is 11.4. The molecule has 2 aromatic carbocycles. The molecule has 1 aliphatic rings. The fraction of sp³-hybridized carbons (Fsp3) is 0.375. The average Bonchev–Trinajstić information content (AvgIpc) is 2.80. The second-order valence-corrected chi connectivity index (χ2v) is 7.48. The zero-order chi connectivity index (χ0) is 21.6. The van der Waals surface area contributed by atoms with Crippen molar-refractivity contribution in [3.05, 3.63) is 48.5 Å². The Labute approximate surface area is 182 Å².